The molecule has 0 spiro atoms. The molecule has 3 rings (SSSR count). The molecule has 0 saturated carbocycles. The van der Waals surface area contributed by atoms with Gasteiger partial charge in [0.05, 0.1) is 6.04 Å². The summed E-state index contributed by atoms with van der Waals surface area (Å²) in [4.78, 5) is 7.57. The van der Waals surface area contributed by atoms with E-state index in [2.05, 4.69) is 27.4 Å². The second kappa shape index (κ2) is 7.64. The van der Waals surface area contributed by atoms with Crippen molar-refractivity contribution >= 4 is 23.2 Å². The quantitative estimate of drug-likeness (QED) is 0.674. The molecule has 0 aliphatic rings. The van der Waals surface area contributed by atoms with Crippen molar-refractivity contribution in [3.63, 3.8) is 0 Å². The minimum Gasteiger partial charge on any atom is -0.347 e. The molecule has 0 aliphatic carbocycles. The second-order valence-corrected chi connectivity index (χ2v) is 6.25. The van der Waals surface area contributed by atoms with Crippen molar-refractivity contribution in [1.29, 1.82) is 0 Å². The van der Waals surface area contributed by atoms with Crippen LogP contribution >= 0.6 is 23.2 Å². The van der Waals surface area contributed by atoms with Gasteiger partial charge >= 0.3 is 0 Å². The highest BCUT2D eigenvalue weighted by Gasteiger charge is 2.15. The highest BCUT2D eigenvalue weighted by Crippen LogP contribution is 2.23. The van der Waals surface area contributed by atoms with E-state index in [9.17, 15) is 0 Å². The van der Waals surface area contributed by atoms with Crippen LogP contribution < -0.4 is 5.32 Å². The average molecular weight is 346 g/mol. The second-order valence-electron chi connectivity index (χ2n) is 5.38. The maximum absolute atomic E-state index is 6.10. The summed E-state index contributed by atoms with van der Waals surface area (Å²) >= 11 is 12.2. The van der Waals surface area contributed by atoms with Crippen molar-refractivity contribution in [3.8, 4) is 0 Å². The number of rotatable bonds is 6. The van der Waals surface area contributed by atoms with Crippen LogP contribution in [0.2, 0.25) is 10.0 Å². The molecule has 2 N–H and O–H groups in total. The van der Waals surface area contributed by atoms with Gasteiger partial charge in [0, 0.05) is 29.0 Å². The Morgan fingerprint density at radius 3 is 2.39 bits per heavy atom. The van der Waals surface area contributed by atoms with Crippen molar-refractivity contribution < 1.29 is 0 Å². The van der Waals surface area contributed by atoms with Gasteiger partial charge in [-0.05, 0) is 35.7 Å². The van der Waals surface area contributed by atoms with Gasteiger partial charge in [-0.15, -0.1) is 0 Å². The molecule has 1 unspecified atom stereocenters. The van der Waals surface area contributed by atoms with Crippen LogP contribution in [-0.2, 0) is 13.0 Å². The number of H-pyrrole nitrogens is 1. The van der Waals surface area contributed by atoms with E-state index in [1.807, 2.05) is 36.5 Å². The molecule has 118 valence electrons. The Morgan fingerprint density at radius 2 is 1.74 bits per heavy atom. The molecule has 23 heavy (non-hydrogen) atoms. The number of hydrogen-bond donors (Lipinski definition) is 2. The Kier molecular flexibility index (Phi) is 5.34. The molecule has 0 fully saturated rings. The molecular weight excluding hydrogens is 329 g/mol. The van der Waals surface area contributed by atoms with Crippen LogP contribution in [0.25, 0.3) is 0 Å². The van der Waals surface area contributed by atoms with E-state index < -0.39 is 0 Å². The molecule has 0 bridgehead atoms. The third-order valence-electron chi connectivity index (χ3n) is 3.61. The standard InChI is InChI=1S/C18H17Cl2N3/c19-15-8-14(9-16(20)11-15)10-17(18-21-6-7-22-18)23-12-13-4-2-1-3-5-13/h1-9,11,17,23H,10,12H2,(H,21,22). The fourth-order valence-electron chi connectivity index (χ4n) is 2.53. The molecule has 3 aromatic rings. The fraction of sp³-hybridized carbons (Fsp3) is 0.167. The lowest BCUT2D eigenvalue weighted by Crippen LogP contribution is -2.24. The maximum Gasteiger partial charge on any atom is 0.123 e. The summed E-state index contributed by atoms with van der Waals surface area (Å²) in [6, 6.07) is 16.0. The Labute approximate surface area is 145 Å². The van der Waals surface area contributed by atoms with Gasteiger partial charge in [0.25, 0.3) is 0 Å². The molecule has 1 atom stereocenters. The van der Waals surface area contributed by atoms with Crippen molar-refractivity contribution in [2.24, 2.45) is 0 Å². The number of benzene rings is 2. The number of nitrogens with zero attached hydrogens (tertiary/aromatic N) is 1. The number of aromatic amines is 1. The summed E-state index contributed by atoms with van der Waals surface area (Å²) < 4.78 is 0. The van der Waals surface area contributed by atoms with E-state index in [1.165, 1.54) is 5.56 Å². The largest absolute Gasteiger partial charge is 0.347 e. The number of halogens is 2. The molecule has 0 radical (unpaired) electrons. The number of aromatic nitrogens is 2. The maximum atomic E-state index is 6.10. The lowest BCUT2D eigenvalue weighted by molar-refractivity contribution is 0.508. The van der Waals surface area contributed by atoms with Gasteiger partial charge in [-0.1, -0.05) is 53.5 Å². The molecule has 1 heterocycles. The van der Waals surface area contributed by atoms with E-state index in [0.29, 0.717) is 10.0 Å². The minimum absolute atomic E-state index is 0.0553. The SMILES string of the molecule is Clc1cc(Cl)cc(CC(NCc2ccccc2)c2ncc[nH]2)c1. The Hall–Kier alpha value is -1.81. The van der Waals surface area contributed by atoms with E-state index in [1.54, 1.807) is 12.3 Å². The predicted molar refractivity (Wildman–Crippen MR) is 94.8 cm³/mol. The van der Waals surface area contributed by atoms with Gasteiger partial charge in [-0.3, -0.25) is 0 Å². The van der Waals surface area contributed by atoms with E-state index in [-0.39, 0.29) is 6.04 Å². The van der Waals surface area contributed by atoms with Crippen molar-refractivity contribution in [3.05, 3.63) is 87.9 Å². The molecule has 3 nitrogen and oxygen atoms in total. The summed E-state index contributed by atoms with van der Waals surface area (Å²) in [7, 11) is 0. The highest BCUT2D eigenvalue weighted by molar-refractivity contribution is 6.34. The lowest BCUT2D eigenvalue weighted by Gasteiger charge is -2.17. The smallest absolute Gasteiger partial charge is 0.123 e. The number of imidazole rings is 1. The highest BCUT2D eigenvalue weighted by atomic mass is 35.5. The van der Waals surface area contributed by atoms with Gasteiger partial charge in [-0.2, -0.15) is 0 Å². The van der Waals surface area contributed by atoms with Crippen molar-refractivity contribution in [2.75, 3.05) is 0 Å². The van der Waals surface area contributed by atoms with Crippen LogP contribution in [0.4, 0.5) is 0 Å². The molecule has 0 aliphatic heterocycles. The third-order valence-corrected chi connectivity index (χ3v) is 4.04. The molecule has 5 heteroatoms. The first-order chi connectivity index (χ1) is 11.2. The fourth-order valence-corrected chi connectivity index (χ4v) is 3.11. The van der Waals surface area contributed by atoms with Crippen LogP contribution in [0, 0.1) is 0 Å². The Bertz CT molecular complexity index is 722. The zero-order valence-corrected chi connectivity index (χ0v) is 14.0. The molecule has 0 saturated heterocycles. The average Bonchev–Trinajstić information content (AvgIpc) is 3.06. The monoisotopic (exact) mass is 345 g/mol. The minimum atomic E-state index is 0.0553. The summed E-state index contributed by atoms with van der Waals surface area (Å²) in [6.07, 6.45) is 4.34. The molecule has 0 amide bonds. The van der Waals surface area contributed by atoms with Gasteiger partial charge in [0.1, 0.15) is 5.82 Å². The van der Waals surface area contributed by atoms with Crippen LogP contribution in [0.15, 0.2) is 60.9 Å². The van der Waals surface area contributed by atoms with Gasteiger partial charge in [-0.25, -0.2) is 4.98 Å². The van der Waals surface area contributed by atoms with E-state index in [0.717, 1.165) is 24.4 Å². The first-order valence-electron chi connectivity index (χ1n) is 7.42. The van der Waals surface area contributed by atoms with E-state index in [4.69, 9.17) is 23.2 Å². The van der Waals surface area contributed by atoms with Gasteiger partial charge in [0.15, 0.2) is 0 Å². The van der Waals surface area contributed by atoms with Crippen molar-refractivity contribution in [2.45, 2.75) is 19.0 Å². The van der Waals surface area contributed by atoms with Crippen LogP contribution in [0.5, 0.6) is 0 Å². The number of nitrogens with one attached hydrogen (secondary N) is 2. The van der Waals surface area contributed by atoms with E-state index >= 15 is 0 Å². The van der Waals surface area contributed by atoms with Crippen LogP contribution in [-0.4, -0.2) is 9.97 Å². The van der Waals surface area contributed by atoms with Crippen LogP contribution in [0.3, 0.4) is 0 Å². The molecule has 1 aromatic heterocycles. The summed E-state index contributed by atoms with van der Waals surface area (Å²) in [5.74, 6) is 0.900. The normalized spacial score (nSPS) is 12.3. The zero-order chi connectivity index (χ0) is 16.1. The van der Waals surface area contributed by atoms with Gasteiger partial charge in [0.2, 0.25) is 0 Å². The third kappa shape index (κ3) is 4.58. The Morgan fingerprint density at radius 1 is 1.00 bits per heavy atom. The molecular formula is C18H17Cl2N3. The molecule has 2 aromatic carbocycles. The summed E-state index contributed by atoms with van der Waals surface area (Å²) in [5, 5.41) is 4.84. The topological polar surface area (TPSA) is 40.7 Å². The first kappa shape index (κ1) is 16.1. The summed E-state index contributed by atoms with van der Waals surface area (Å²) in [5.41, 5.74) is 2.30. The predicted octanol–water partition coefficient (Wildman–Crippen LogP) is 4.79. The summed E-state index contributed by atoms with van der Waals surface area (Å²) in [6.45, 7) is 0.764. The van der Waals surface area contributed by atoms with Crippen molar-refractivity contribution in [1.82, 2.24) is 15.3 Å². The lowest BCUT2D eigenvalue weighted by atomic mass is 10.0. The number of hydrogen-bond acceptors (Lipinski definition) is 2. The first-order valence-corrected chi connectivity index (χ1v) is 8.18. The zero-order valence-electron chi connectivity index (χ0n) is 12.5. The Balaban J connectivity index is 1.76. The van der Waals surface area contributed by atoms with Crippen LogP contribution in [0.1, 0.15) is 23.0 Å². The van der Waals surface area contributed by atoms with Gasteiger partial charge < -0.3 is 10.3 Å².